The number of imidazole rings is 1. The lowest BCUT2D eigenvalue weighted by Gasteiger charge is -2.05. The highest BCUT2D eigenvalue weighted by Crippen LogP contribution is 2.24. The van der Waals surface area contributed by atoms with E-state index in [-0.39, 0.29) is 0 Å². The Bertz CT molecular complexity index is 482. The molecule has 0 unspecified atom stereocenters. The molecule has 2 aromatic rings. The van der Waals surface area contributed by atoms with E-state index in [9.17, 15) is 0 Å². The summed E-state index contributed by atoms with van der Waals surface area (Å²) in [5.41, 5.74) is 0. The van der Waals surface area contributed by atoms with Crippen LogP contribution in [0.4, 0.5) is 5.82 Å². The largest absolute Gasteiger partial charge is 0.370 e. The summed E-state index contributed by atoms with van der Waals surface area (Å²) in [6.07, 6.45) is 6.34. The standard InChI is InChI=1S/C11H15N5S/c1-3-4-12-9-7-10(15-8-14-9)17-11-13-5-6-16(11)2/h5-8H,3-4H2,1-2H3,(H,12,14,15). The van der Waals surface area contributed by atoms with Gasteiger partial charge in [0.15, 0.2) is 5.16 Å². The topological polar surface area (TPSA) is 55.6 Å². The second-order valence-electron chi connectivity index (χ2n) is 3.59. The van der Waals surface area contributed by atoms with E-state index in [1.807, 2.05) is 23.9 Å². The van der Waals surface area contributed by atoms with Crippen LogP contribution in [0.5, 0.6) is 0 Å². The quantitative estimate of drug-likeness (QED) is 0.823. The monoisotopic (exact) mass is 249 g/mol. The van der Waals surface area contributed by atoms with E-state index in [0.29, 0.717) is 0 Å². The lowest BCUT2D eigenvalue weighted by molar-refractivity contribution is 0.788. The molecule has 5 nitrogen and oxygen atoms in total. The number of anilines is 1. The Kier molecular flexibility index (Phi) is 3.98. The van der Waals surface area contributed by atoms with E-state index in [1.54, 1.807) is 12.5 Å². The van der Waals surface area contributed by atoms with E-state index in [4.69, 9.17) is 0 Å². The van der Waals surface area contributed by atoms with Crippen molar-refractivity contribution in [1.29, 1.82) is 0 Å². The van der Waals surface area contributed by atoms with Crippen molar-refractivity contribution >= 4 is 17.6 Å². The molecule has 17 heavy (non-hydrogen) atoms. The van der Waals surface area contributed by atoms with Gasteiger partial charge in [0.25, 0.3) is 0 Å². The SMILES string of the molecule is CCCNc1cc(Sc2nccn2C)ncn1. The molecule has 0 saturated carbocycles. The maximum atomic E-state index is 4.25. The predicted molar refractivity (Wildman–Crippen MR) is 68.1 cm³/mol. The van der Waals surface area contributed by atoms with Crippen LogP contribution >= 0.6 is 11.8 Å². The molecule has 0 aliphatic heterocycles. The highest BCUT2D eigenvalue weighted by molar-refractivity contribution is 7.99. The summed E-state index contributed by atoms with van der Waals surface area (Å²) in [6, 6.07) is 1.94. The number of hydrogen-bond acceptors (Lipinski definition) is 5. The molecule has 0 radical (unpaired) electrons. The second-order valence-corrected chi connectivity index (χ2v) is 4.58. The summed E-state index contributed by atoms with van der Waals surface area (Å²) < 4.78 is 1.96. The highest BCUT2D eigenvalue weighted by Gasteiger charge is 2.04. The first-order chi connectivity index (χ1) is 8.29. The number of aryl methyl sites for hydroxylation is 1. The zero-order chi connectivity index (χ0) is 12.1. The van der Waals surface area contributed by atoms with Gasteiger partial charge in [0.05, 0.1) is 0 Å². The summed E-state index contributed by atoms with van der Waals surface area (Å²) >= 11 is 1.53. The van der Waals surface area contributed by atoms with Crippen LogP contribution in [-0.4, -0.2) is 26.1 Å². The molecule has 0 aliphatic carbocycles. The van der Waals surface area contributed by atoms with Crippen LogP contribution in [0.1, 0.15) is 13.3 Å². The fourth-order valence-electron chi connectivity index (χ4n) is 1.29. The first-order valence-electron chi connectivity index (χ1n) is 5.50. The minimum absolute atomic E-state index is 0.860. The number of nitrogens with one attached hydrogen (secondary N) is 1. The molecule has 90 valence electrons. The smallest absolute Gasteiger partial charge is 0.174 e. The fourth-order valence-corrected chi connectivity index (χ4v) is 2.06. The molecule has 0 atom stereocenters. The summed E-state index contributed by atoms with van der Waals surface area (Å²) in [7, 11) is 1.97. The van der Waals surface area contributed by atoms with Gasteiger partial charge in [-0.2, -0.15) is 0 Å². The number of hydrogen-bond donors (Lipinski definition) is 1. The molecular formula is C11H15N5S. The Labute approximate surface area is 105 Å². The van der Waals surface area contributed by atoms with E-state index in [0.717, 1.165) is 29.0 Å². The van der Waals surface area contributed by atoms with Crippen LogP contribution in [0.15, 0.2) is 35.0 Å². The molecule has 6 heteroatoms. The van der Waals surface area contributed by atoms with Gasteiger partial charge < -0.3 is 9.88 Å². The van der Waals surface area contributed by atoms with Gasteiger partial charge >= 0.3 is 0 Å². The summed E-state index contributed by atoms with van der Waals surface area (Å²) in [5, 5.41) is 5.05. The van der Waals surface area contributed by atoms with Crippen LogP contribution in [0.2, 0.25) is 0 Å². The van der Waals surface area contributed by atoms with Crippen molar-refractivity contribution in [3.63, 3.8) is 0 Å². The number of aromatic nitrogens is 4. The molecule has 1 N–H and O–H groups in total. The van der Waals surface area contributed by atoms with Gasteiger partial charge in [-0.05, 0) is 18.2 Å². The third-order valence-corrected chi connectivity index (χ3v) is 3.18. The molecule has 0 aromatic carbocycles. The molecule has 0 saturated heterocycles. The van der Waals surface area contributed by atoms with Crippen LogP contribution in [0.25, 0.3) is 0 Å². The average molecular weight is 249 g/mol. The van der Waals surface area contributed by atoms with Crippen molar-refractivity contribution in [3.8, 4) is 0 Å². The van der Waals surface area contributed by atoms with Gasteiger partial charge in [0, 0.05) is 32.1 Å². The second kappa shape index (κ2) is 5.67. The third-order valence-electron chi connectivity index (χ3n) is 2.17. The van der Waals surface area contributed by atoms with Crippen molar-refractivity contribution in [2.24, 2.45) is 7.05 Å². The van der Waals surface area contributed by atoms with Gasteiger partial charge in [-0.15, -0.1) is 0 Å². The summed E-state index contributed by atoms with van der Waals surface area (Å²) in [5.74, 6) is 0.860. The molecule has 2 rings (SSSR count). The maximum absolute atomic E-state index is 4.25. The molecule has 0 aliphatic rings. The van der Waals surface area contributed by atoms with Crippen molar-refractivity contribution < 1.29 is 0 Å². The predicted octanol–water partition coefficient (Wildman–Crippen LogP) is 2.18. The van der Waals surface area contributed by atoms with Gasteiger partial charge in [0.1, 0.15) is 17.2 Å². The van der Waals surface area contributed by atoms with Crippen LogP contribution in [-0.2, 0) is 7.05 Å². The van der Waals surface area contributed by atoms with E-state index >= 15 is 0 Å². The molecule has 0 amide bonds. The van der Waals surface area contributed by atoms with Crippen molar-refractivity contribution in [2.45, 2.75) is 23.5 Å². The lowest BCUT2D eigenvalue weighted by atomic mass is 10.4. The van der Waals surface area contributed by atoms with E-state index in [1.165, 1.54) is 11.8 Å². The third kappa shape index (κ3) is 3.20. The minimum atomic E-state index is 0.860. The zero-order valence-electron chi connectivity index (χ0n) is 9.92. The lowest BCUT2D eigenvalue weighted by Crippen LogP contribution is -2.02. The van der Waals surface area contributed by atoms with E-state index < -0.39 is 0 Å². The van der Waals surface area contributed by atoms with Gasteiger partial charge in [-0.1, -0.05) is 6.92 Å². The Balaban J connectivity index is 2.08. The van der Waals surface area contributed by atoms with Gasteiger partial charge in [-0.3, -0.25) is 0 Å². The fraction of sp³-hybridized carbons (Fsp3) is 0.364. The van der Waals surface area contributed by atoms with E-state index in [2.05, 4.69) is 27.2 Å². The molecule has 0 bridgehead atoms. The zero-order valence-corrected chi connectivity index (χ0v) is 10.7. The molecule has 0 fully saturated rings. The van der Waals surface area contributed by atoms with Crippen molar-refractivity contribution in [2.75, 3.05) is 11.9 Å². The maximum Gasteiger partial charge on any atom is 0.174 e. The Hall–Kier alpha value is -1.56. The molecule has 2 heterocycles. The van der Waals surface area contributed by atoms with Crippen LogP contribution < -0.4 is 5.32 Å². The normalized spacial score (nSPS) is 10.5. The molecule has 2 aromatic heterocycles. The summed E-state index contributed by atoms with van der Waals surface area (Å²) in [4.78, 5) is 12.6. The Morgan fingerprint density at radius 1 is 1.35 bits per heavy atom. The van der Waals surface area contributed by atoms with Crippen molar-refractivity contribution in [1.82, 2.24) is 19.5 Å². The molecule has 0 spiro atoms. The Morgan fingerprint density at radius 2 is 2.24 bits per heavy atom. The average Bonchev–Trinajstić information content (AvgIpc) is 2.73. The molecular weight excluding hydrogens is 234 g/mol. The van der Waals surface area contributed by atoms with Gasteiger partial charge in [-0.25, -0.2) is 15.0 Å². The van der Waals surface area contributed by atoms with Gasteiger partial charge in [0.2, 0.25) is 0 Å². The first kappa shape index (κ1) is 11.9. The first-order valence-corrected chi connectivity index (χ1v) is 6.32. The number of rotatable bonds is 5. The number of nitrogens with zero attached hydrogens (tertiary/aromatic N) is 4. The summed E-state index contributed by atoms with van der Waals surface area (Å²) in [6.45, 7) is 3.04. The van der Waals surface area contributed by atoms with Crippen molar-refractivity contribution in [3.05, 3.63) is 24.8 Å². The van der Waals surface area contributed by atoms with Crippen LogP contribution in [0, 0.1) is 0 Å². The van der Waals surface area contributed by atoms with Crippen LogP contribution in [0.3, 0.4) is 0 Å². The highest BCUT2D eigenvalue weighted by atomic mass is 32.2. The Morgan fingerprint density at radius 3 is 2.94 bits per heavy atom. The minimum Gasteiger partial charge on any atom is -0.370 e.